The molecule has 3 nitrogen and oxygen atoms in total. The third-order valence-corrected chi connectivity index (χ3v) is 2.69. The predicted molar refractivity (Wildman–Crippen MR) is 54.3 cm³/mol. The van der Waals surface area contributed by atoms with E-state index in [9.17, 15) is 0 Å². The molecule has 0 saturated carbocycles. The van der Waals surface area contributed by atoms with Crippen molar-refractivity contribution >= 4 is 17.6 Å². The van der Waals surface area contributed by atoms with E-state index in [0.717, 1.165) is 26.3 Å². The quantitative estimate of drug-likeness (QED) is 0.668. The van der Waals surface area contributed by atoms with Crippen LogP contribution < -0.4 is 0 Å². The Labute approximate surface area is 81.6 Å². The van der Waals surface area contributed by atoms with Crippen molar-refractivity contribution in [1.29, 1.82) is 0 Å². The summed E-state index contributed by atoms with van der Waals surface area (Å²) in [5.74, 6) is 0. The third-order valence-electron chi connectivity index (χ3n) is 1.88. The van der Waals surface area contributed by atoms with Gasteiger partial charge >= 0.3 is 0 Å². The second-order valence-electron chi connectivity index (χ2n) is 2.83. The molecule has 1 aromatic rings. The lowest BCUT2D eigenvalue weighted by Gasteiger charge is -2.23. The Hall–Kier alpha value is -0.870. The molecular formula is C9H12N2OS. The van der Waals surface area contributed by atoms with Crippen molar-refractivity contribution in [3.63, 3.8) is 0 Å². The van der Waals surface area contributed by atoms with Gasteiger partial charge in [0.15, 0.2) is 0 Å². The van der Waals surface area contributed by atoms with Crippen LogP contribution in [0.3, 0.4) is 0 Å². The van der Waals surface area contributed by atoms with E-state index >= 15 is 0 Å². The predicted octanol–water partition coefficient (Wildman–Crippen LogP) is 1.41. The second kappa shape index (κ2) is 4.39. The molecule has 1 saturated heterocycles. The summed E-state index contributed by atoms with van der Waals surface area (Å²) in [5.41, 5.74) is 0. The van der Waals surface area contributed by atoms with Crippen LogP contribution >= 0.6 is 11.3 Å². The van der Waals surface area contributed by atoms with Gasteiger partial charge in [-0.05, 0) is 11.4 Å². The highest BCUT2D eigenvalue weighted by Crippen LogP contribution is 2.05. The lowest BCUT2D eigenvalue weighted by Crippen LogP contribution is -2.32. The Balaban J connectivity index is 1.89. The van der Waals surface area contributed by atoms with Gasteiger partial charge in [-0.25, -0.2) is 0 Å². The minimum atomic E-state index is 0.793. The molecule has 2 heterocycles. The Kier molecular flexibility index (Phi) is 2.94. The van der Waals surface area contributed by atoms with Gasteiger partial charge in [-0.15, -0.1) is 11.3 Å². The maximum atomic E-state index is 5.22. The monoisotopic (exact) mass is 196 g/mol. The minimum absolute atomic E-state index is 0.793. The molecule has 0 aromatic carbocycles. The molecule has 2 rings (SSSR count). The molecule has 0 aliphatic carbocycles. The zero-order valence-electron chi connectivity index (χ0n) is 7.35. The van der Waals surface area contributed by atoms with Crippen LogP contribution in [0, 0.1) is 0 Å². The normalized spacial score (nSPS) is 18.3. The van der Waals surface area contributed by atoms with Gasteiger partial charge in [0.05, 0.1) is 32.5 Å². The largest absolute Gasteiger partial charge is 0.378 e. The molecule has 0 N–H and O–H groups in total. The number of thiophene rings is 1. The SMILES string of the molecule is C(=NN1CCOCC1)c1cccs1. The number of rotatable bonds is 2. The summed E-state index contributed by atoms with van der Waals surface area (Å²) in [6.07, 6.45) is 1.91. The van der Waals surface area contributed by atoms with E-state index in [1.165, 1.54) is 4.88 Å². The van der Waals surface area contributed by atoms with E-state index in [4.69, 9.17) is 4.74 Å². The molecule has 4 heteroatoms. The molecule has 70 valence electrons. The van der Waals surface area contributed by atoms with Crippen LogP contribution in [-0.2, 0) is 4.74 Å². The zero-order valence-corrected chi connectivity index (χ0v) is 8.17. The van der Waals surface area contributed by atoms with Gasteiger partial charge in [-0.3, -0.25) is 5.01 Å². The lowest BCUT2D eigenvalue weighted by molar-refractivity contribution is 0.0397. The first kappa shape index (κ1) is 8.72. The van der Waals surface area contributed by atoms with Crippen molar-refractivity contribution in [1.82, 2.24) is 5.01 Å². The van der Waals surface area contributed by atoms with Crippen LogP contribution in [0.15, 0.2) is 22.6 Å². The summed E-state index contributed by atoms with van der Waals surface area (Å²) in [4.78, 5) is 1.20. The number of hydrogen-bond donors (Lipinski definition) is 0. The van der Waals surface area contributed by atoms with Gasteiger partial charge in [0.2, 0.25) is 0 Å². The molecule has 1 aliphatic heterocycles. The lowest BCUT2D eigenvalue weighted by atomic mass is 10.5. The molecule has 1 fully saturated rings. The molecule has 0 spiro atoms. The van der Waals surface area contributed by atoms with E-state index in [1.54, 1.807) is 11.3 Å². The third kappa shape index (κ3) is 2.54. The fraction of sp³-hybridized carbons (Fsp3) is 0.444. The number of morpholine rings is 1. The van der Waals surface area contributed by atoms with Crippen LogP contribution in [0.4, 0.5) is 0 Å². The van der Waals surface area contributed by atoms with E-state index in [1.807, 2.05) is 17.3 Å². The molecule has 1 aromatic heterocycles. The van der Waals surface area contributed by atoms with Crippen molar-refractivity contribution in [3.05, 3.63) is 22.4 Å². The highest BCUT2D eigenvalue weighted by molar-refractivity contribution is 7.11. The van der Waals surface area contributed by atoms with E-state index in [-0.39, 0.29) is 0 Å². The minimum Gasteiger partial charge on any atom is -0.378 e. The Bertz CT molecular complexity index is 265. The highest BCUT2D eigenvalue weighted by Gasteiger charge is 2.05. The van der Waals surface area contributed by atoms with Gasteiger partial charge in [0.25, 0.3) is 0 Å². The molecule has 0 bridgehead atoms. The fourth-order valence-corrected chi connectivity index (χ4v) is 1.75. The van der Waals surface area contributed by atoms with E-state index in [0.29, 0.717) is 0 Å². The summed E-state index contributed by atoms with van der Waals surface area (Å²) >= 11 is 1.70. The van der Waals surface area contributed by atoms with Crippen LogP contribution in [-0.4, -0.2) is 37.5 Å². The standard InChI is InChI=1S/C9H12N2OS/c1-2-9(13-7-1)8-10-11-3-5-12-6-4-11/h1-2,7-8H,3-6H2. The van der Waals surface area contributed by atoms with Gasteiger partial charge in [-0.2, -0.15) is 5.10 Å². The van der Waals surface area contributed by atoms with Gasteiger partial charge in [0.1, 0.15) is 0 Å². The fourth-order valence-electron chi connectivity index (χ4n) is 1.17. The van der Waals surface area contributed by atoms with E-state index < -0.39 is 0 Å². The molecule has 0 radical (unpaired) electrons. The van der Waals surface area contributed by atoms with Crippen molar-refractivity contribution in [2.75, 3.05) is 26.3 Å². The van der Waals surface area contributed by atoms with Crippen LogP contribution in [0.1, 0.15) is 4.88 Å². The Morgan fingerprint density at radius 3 is 3.00 bits per heavy atom. The van der Waals surface area contributed by atoms with Crippen LogP contribution in [0.25, 0.3) is 0 Å². The molecule has 0 unspecified atom stereocenters. The molecule has 0 amide bonds. The Morgan fingerprint density at radius 2 is 2.31 bits per heavy atom. The molecular weight excluding hydrogens is 184 g/mol. The summed E-state index contributed by atoms with van der Waals surface area (Å²) in [5, 5.41) is 8.47. The summed E-state index contributed by atoms with van der Waals surface area (Å²) in [7, 11) is 0. The maximum absolute atomic E-state index is 5.22. The summed E-state index contributed by atoms with van der Waals surface area (Å²) in [6, 6.07) is 4.10. The van der Waals surface area contributed by atoms with Crippen molar-refractivity contribution < 1.29 is 4.74 Å². The first-order valence-electron chi connectivity index (χ1n) is 4.35. The summed E-state index contributed by atoms with van der Waals surface area (Å²) in [6.45, 7) is 3.40. The van der Waals surface area contributed by atoms with Gasteiger partial charge in [-0.1, -0.05) is 6.07 Å². The first-order chi connectivity index (χ1) is 6.45. The Morgan fingerprint density at radius 1 is 1.46 bits per heavy atom. The average molecular weight is 196 g/mol. The maximum Gasteiger partial charge on any atom is 0.0659 e. The number of hydrogen-bond acceptors (Lipinski definition) is 4. The van der Waals surface area contributed by atoms with Crippen molar-refractivity contribution in [2.45, 2.75) is 0 Å². The molecule has 13 heavy (non-hydrogen) atoms. The van der Waals surface area contributed by atoms with Crippen LogP contribution in [0.2, 0.25) is 0 Å². The average Bonchev–Trinajstić information content (AvgIpc) is 2.69. The first-order valence-corrected chi connectivity index (χ1v) is 5.23. The van der Waals surface area contributed by atoms with Crippen LogP contribution in [0.5, 0.6) is 0 Å². The number of hydrazone groups is 1. The van der Waals surface area contributed by atoms with E-state index in [2.05, 4.69) is 16.5 Å². The highest BCUT2D eigenvalue weighted by atomic mass is 32.1. The number of nitrogens with zero attached hydrogens (tertiary/aromatic N) is 2. The smallest absolute Gasteiger partial charge is 0.0659 e. The van der Waals surface area contributed by atoms with Gasteiger partial charge in [0, 0.05) is 4.88 Å². The number of ether oxygens (including phenoxy) is 1. The van der Waals surface area contributed by atoms with Crippen molar-refractivity contribution in [2.24, 2.45) is 5.10 Å². The summed E-state index contributed by atoms with van der Waals surface area (Å²) < 4.78 is 5.22. The molecule has 0 atom stereocenters. The second-order valence-corrected chi connectivity index (χ2v) is 3.81. The van der Waals surface area contributed by atoms with Gasteiger partial charge < -0.3 is 4.74 Å². The zero-order chi connectivity index (χ0) is 8.93. The molecule has 1 aliphatic rings. The topological polar surface area (TPSA) is 24.8 Å². The van der Waals surface area contributed by atoms with Crippen molar-refractivity contribution in [3.8, 4) is 0 Å².